The minimum atomic E-state index is 0.870. The van der Waals surface area contributed by atoms with E-state index in [0.29, 0.717) is 0 Å². The molecule has 0 radical (unpaired) electrons. The predicted octanol–water partition coefficient (Wildman–Crippen LogP) is 3.38. The molecule has 18 heavy (non-hydrogen) atoms. The third kappa shape index (κ3) is 2.13. The molecule has 1 N–H and O–H groups in total. The van der Waals surface area contributed by atoms with Crippen molar-refractivity contribution in [1.29, 1.82) is 0 Å². The average Bonchev–Trinajstić information content (AvgIpc) is 2.83. The van der Waals surface area contributed by atoms with Gasteiger partial charge in [0.25, 0.3) is 0 Å². The van der Waals surface area contributed by atoms with Crippen LogP contribution in [-0.4, -0.2) is 19.7 Å². The van der Waals surface area contributed by atoms with E-state index in [1.807, 2.05) is 11.3 Å². The Morgan fingerprint density at radius 3 is 3.22 bits per heavy atom. The van der Waals surface area contributed by atoms with Crippen LogP contribution >= 0.6 is 11.3 Å². The van der Waals surface area contributed by atoms with Crippen LogP contribution in [0.3, 0.4) is 0 Å². The van der Waals surface area contributed by atoms with Crippen LogP contribution in [0.4, 0.5) is 0 Å². The molecule has 3 heteroatoms. The summed E-state index contributed by atoms with van der Waals surface area (Å²) in [4.78, 5) is 0. The first-order valence-corrected chi connectivity index (χ1v) is 7.63. The van der Waals surface area contributed by atoms with Gasteiger partial charge in [-0.3, -0.25) is 0 Å². The molecule has 0 fully saturated rings. The largest absolute Gasteiger partial charge is 0.493 e. The molecule has 3 rings (SSSR count). The third-order valence-corrected chi connectivity index (χ3v) is 4.53. The minimum absolute atomic E-state index is 0.870. The van der Waals surface area contributed by atoms with Gasteiger partial charge in [-0.1, -0.05) is 6.92 Å². The van der Waals surface area contributed by atoms with Gasteiger partial charge in [0.05, 0.1) is 6.61 Å². The third-order valence-electron chi connectivity index (χ3n) is 3.53. The van der Waals surface area contributed by atoms with Crippen molar-refractivity contribution in [3.63, 3.8) is 0 Å². The van der Waals surface area contributed by atoms with E-state index in [9.17, 15) is 0 Å². The molecular weight excluding hydrogens is 242 g/mol. The molecule has 0 aliphatic carbocycles. The van der Waals surface area contributed by atoms with Crippen LogP contribution in [0, 0.1) is 0 Å². The molecule has 2 nitrogen and oxygen atoms in total. The van der Waals surface area contributed by atoms with Crippen LogP contribution in [0.1, 0.15) is 24.5 Å². The number of likely N-dealkylation sites (N-methyl/N-ethyl adjacent to an activating group) is 1. The van der Waals surface area contributed by atoms with Gasteiger partial charge in [-0.15, -0.1) is 11.3 Å². The fourth-order valence-electron chi connectivity index (χ4n) is 2.65. The highest BCUT2D eigenvalue weighted by atomic mass is 32.1. The Hall–Kier alpha value is -1.06. The van der Waals surface area contributed by atoms with E-state index in [-0.39, 0.29) is 0 Å². The molecule has 0 saturated carbocycles. The molecule has 0 saturated heterocycles. The molecule has 0 amide bonds. The maximum atomic E-state index is 5.77. The van der Waals surface area contributed by atoms with Crippen molar-refractivity contribution in [2.24, 2.45) is 0 Å². The summed E-state index contributed by atoms with van der Waals surface area (Å²) < 4.78 is 7.18. The molecule has 0 spiro atoms. The quantitative estimate of drug-likeness (QED) is 0.852. The van der Waals surface area contributed by atoms with Gasteiger partial charge in [0.15, 0.2) is 0 Å². The fraction of sp³-hybridized carbons (Fsp3) is 0.467. The Labute approximate surface area is 112 Å². The maximum absolute atomic E-state index is 5.77. The number of hydrogen-bond acceptors (Lipinski definition) is 3. The number of nitrogens with one attached hydrogen (secondary N) is 1. The van der Waals surface area contributed by atoms with Gasteiger partial charge in [0.2, 0.25) is 0 Å². The van der Waals surface area contributed by atoms with Gasteiger partial charge >= 0.3 is 0 Å². The summed E-state index contributed by atoms with van der Waals surface area (Å²) >= 11 is 1.86. The highest BCUT2D eigenvalue weighted by molar-refractivity contribution is 7.17. The van der Waals surface area contributed by atoms with E-state index in [0.717, 1.165) is 44.7 Å². The lowest BCUT2D eigenvalue weighted by atomic mass is 9.98. The van der Waals surface area contributed by atoms with Gasteiger partial charge in [-0.05, 0) is 55.4 Å². The molecular formula is C15H19NOS. The topological polar surface area (TPSA) is 21.3 Å². The number of ether oxygens (including phenoxy) is 1. The smallest absolute Gasteiger partial charge is 0.123 e. The van der Waals surface area contributed by atoms with Crippen molar-refractivity contribution in [2.75, 3.05) is 19.7 Å². The first-order chi connectivity index (χ1) is 8.90. The summed E-state index contributed by atoms with van der Waals surface area (Å²) in [6.07, 6.45) is 3.43. The molecule has 0 unspecified atom stereocenters. The Morgan fingerprint density at radius 2 is 2.33 bits per heavy atom. The highest BCUT2D eigenvalue weighted by Crippen LogP contribution is 2.37. The number of aryl methyl sites for hydroxylation is 1. The lowest BCUT2D eigenvalue weighted by Gasteiger charge is -2.18. The second kappa shape index (κ2) is 5.29. The summed E-state index contributed by atoms with van der Waals surface area (Å²) in [5, 5.41) is 7.19. The van der Waals surface area contributed by atoms with Crippen LogP contribution < -0.4 is 10.1 Å². The summed E-state index contributed by atoms with van der Waals surface area (Å²) in [5.74, 6) is 1.11. The van der Waals surface area contributed by atoms with Crippen molar-refractivity contribution >= 4 is 21.4 Å². The van der Waals surface area contributed by atoms with E-state index in [4.69, 9.17) is 4.74 Å². The Kier molecular flexibility index (Phi) is 3.52. The van der Waals surface area contributed by atoms with E-state index < -0.39 is 0 Å². The number of fused-ring (bicyclic) bond motifs is 3. The summed E-state index contributed by atoms with van der Waals surface area (Å²) in [6.45, 7) is 5.13. The molecule has 96 valence electrons. The maximum Gasteiger partial charge on any atom is 0.123 e. The van der Waals surface area contributed by atoms with Crippen LogP contribution in [0.2, 0.25) is 0 Å². The van der Waals surface area contributed by atoms with Crippen molar-refractivity contribution < 1.29 is 4.74 Å². The molecule has 1 aromatic heterocycles. The van der Waals surface area contributed by atoms with Crippen molar-refractivity contribution in [1.82, 2.24) is 5.32 Å². The normalized spacial score (nSPS) is 14.5. The standard InChI is InChI=1S/C15H19NOS/c1-2-16-8-7-11-10-18-14-6-5-13-12(15(11)14)4-3-9-17-13/h5-6,10,16H,2-4,7-9H2,1H3. The molecule has 2 heterocycles. The van der Waals surface area contributed by atoms with Crippen LogP contribution in [0.25, 0.3) is 10.1 Å². The van der Waals surface area contributed by atoms with Crippen molar-refractivity contribution in [3.05, 3.63) is 28.6 Å². The average molecular weight is 261 g/mol. The first kappa shape index (κ1) is 12.0. The zero-order valence-corrected chi connectivity index (χ0v) is 11.6. The van der Waals surface area contributed by atoms with E-state index in [1.165, 1.54) is 21.2 Å². The minimum Gasteiger partial charge on any atom is -0.493 e. The first-order valence-electron chi connectivity index (χ1n) is 6.75. The summed E-state index contributed by atoms with van der Waals surface area (Å²) in [7, 11) is 0. The van der Waals surface area contributed by atoms with E-state index in [2.05, 4.69) is 29.8 Å². The highest BCUT2D eigenvalue weighted by Gasteiger charge is 2.16. The Balaban J connectivity index is 1.99. The molecule has 1 aliphatic rings. The van der Waals surface area contributed by atoms with Gasteiger partial charge < -0.3 is 10.1 Å². The van der Waals surface area contributed by atoms with Gasteiger partial charge in [0, 0.05) is 15.6 Å². The number of benzene rings is 1. The van der Waals surface area contributed by atoms with Crippen LogP contribution in [0.15, 0.2) is 17.5 Å². The monoisotopic (exact) mass is 261 g/mol. The van der Waals surface area contributed by atoms with Gasteiger partial charge in [0.1, 0.15) is 5.75 Å². The fourth-order valence-corrected chi connectivity index (χ4v) is 3.67. The summed E-state index contributed by atoms with van der Waals surface area (Å²) in [5.41, 5.74) is 2.92. The number of rotatable bonds is 4. The zero-order valence-electron chi connectivity index (χ0n) is 10.8. The van der Waals surface area contributed by atoms with E-state index in [1.54, 1.807) is 0 Å². The predicted molar refractivity (Wildman–Crippen MR) is 77.9 cm³/mol. The Bertz CT molecular complexity index is 547. The molecule has 0 atom stereocenters. The Morgan fingerprint density at radius 1 is 1.39 bits per heavy atom. The second-order valence-corrected chi connectivity index (χ2v) is 5.64. The summed E-state index contributed by atoms with van der Waals surface area (Å²) in [6, 6.07) is 4.35. The van der Waals surface area contributed by atoms with Gasteiger partial charge in [-0.25, -0.2) is 0 Å². The van der Waals surface area contributed by atoms with Crippen molar-refractivity contribution in [2.45, 2.75) is 26.2 Å². The van der Waals surface area contributed by atoms with Crippen molar-refractivity contribution in [3.8, 4) is 5.75 Å². The molecule has 0 bridgehead atoms. The molecule has 2 aromatic rings. The second-order valence-electron chi connectivity index (χ2n) is 4.73. The van der Waals surface area contributed by atoms with Gasteiger partial charge in [-0.2, -0.15) is 0 Å². The number of thiophene rings is 1. The van der Waals surface area contributed by atoms with E-state index >= 15 is 0 Å². The lowest BCUT2D eigenvalue weighted by molar-refractivity contribution is 0.289. The molecule has 1 aliphatic heterocycles. The van der Waals surface area contributed by atoms with Crippen LogP contribution in [0.5, 0.6) is 5.75 Å². The zero-order chi connectivity index (χ0) is 12.4. The van der Waals surface area contributed by atoms with Crippen LogP contribution in [-0.2, 0) is 12.8 Å². The SMILES string of the molecule is CCNCCc1csc2ccc3c(c12)CCCO3. The molecule has 1 aromatic carbocycles. The number of hydrogen-bond donors (Lipinski definition) is 1. The lowest BCUT2D eigenvalue weighted by Crippen LogP contribution is -2.16.